The molecule has 0 aromatic heterocycles. The molecule has 2 nitrogen and oxygen atoms in total. The summed E-state index contributed by atoms with van der Waals surface area (Å²) in [5.74, 6) is 0. The van der Waals surface area contributed by atoms with E-state index >= 15 is 4.39 Å². The predicted molar refractivity (Wildman–Crippen MR) is 128 cm³/mol. The first-order chi connectivity index (χ1) is 15.1. The molecule has 31 heavy (non-hydrogen) atoms. The van der Waals surface area contributed by atoms with Crippen LogP contribution in [0.2, 0.25) is 0 Å². The van der Waals surface area contributed by atoms with E-state index in [9.17, 15) is 0 Å². The zero-order chi connectivity index (χ0) is 22.0. The average molecular weight is 439 g/mol. The van der Waals surface area contributed by atoms with Gasteiger partial charge in [-0.15, -0.1) is 0 Å². The third kappa shape index (κ3) is 6.92. The summed E-state index contributed by atoms with van der Waals surface area (Å²) >= 11 is 0. The number of halogens is 1. The number of alkyl halides is 1. The Morgan fingerprint density at radius 3 is 1.35 bits per heavy atom. The van der Waals surface area contributed by atoms with Crippen LogP contribution in [0.5, 0.6) is 0 Å². The van der Waals surface area contributed by atoms with Crippen molar-refractivity contribution in [3.63, 3.8) is 0 Å². The van der Waals surface area contributed by atoms with E-state index in [2.05, 4.69) is 13.8 Å². The third-order valence-corrected chi connectivity index (χ3v) is 8.84. The zero-order valence-electron chi connectivity index (χ0n) is 20.8. The van der Waals surface area contributed by atoms with Crippen molar-refractivity contribution in [3.05, 3.63) is 0 Å². The molecule has 0 saturated heterocycles. The lowest BCUT2D eigenvalue weighted by atomic mass is 9.43. The summed E-state index contributed by atoms with van der Waals surface area (Å²) in [5.41, 5.74) is -0.0120. The Morgan fingerprint density at radius 2 is 1.00 bits per heavy atom. The Kier molecular flexibility index (Phi) is 10.6. The summed E-state index contributed by atoms with van der Waals surface area (Å²) in [6.07, 6.45) is 22.8. The quantitative estimate of drug-likeness (QED) is 0.253. The second-order valence-corrected chi connectivity index (χ2v) is 11.2. The highest BCUT2D eigenvalue weighted by Crippen LogP contribution is 2.67. The Labute approximate surface area is 192 Å². The normalized spacial score (nSPS) is 35.5. The van der Waals surface area contributed by atoms with Crippen LogP contribution in [0, 0.1) is 10.8 Å². The van der Waals surface area contributed by atoms with E-state index in [0.29, 0.717) is 12.2 Å². The molecule has 0 atom stereocenters. The minimum Gasteiger partial charge on any atom is -0.378 e. The second-order valence-electron chi connectivity index (χ2n) is 11.2. The van der Waals surface area contributed by atoms with Crippen LogP contribution >= 0.6 is 0 Å². The van der Waals surface area contributed by atoms with E-state index in [1.54, 1.807) is 0 Å². The summed E-state index contributed by atoms with van der Waals surface area (Å²) < 4.78 is 27.9. The van der Waals surface area contributed by atoms with Crippen molar-refractivity contribution in [2.24, 2.45) is 10.8 Å². The Bertz CT molecular complexity index is 435. The van der Waals surface area contributed by atoms with Gasteiger partial charge >= 0.3 is 0 Å². The Morgan fingerprint density at radius 1 is 0.613 bits per heavy atom. The van der Waals surface area contributed by atoms with Crippen molar-refractivity contribution in [1.29, 1.82) is 0 Å². The molecule has 0 unspecified atom stereocenters. The fraction of sp³-hybridized carbons (Fsp3) is 1.00. The van der Waals surface area contributed by atoms with Crippen molar-refractivity contribution >= 4 is 0 Å². The number of ether oxygens (including phenoxy) is 2. The van der Waals surface area contributed by atoms with Gasteiger partial charge in [0.2, 0.25) is 0 Å². The summed E-state index contributed by atoms with van der Waals surface area (Å²) in [5, 5.41) is 0. The highest BCUT2D eigenvalue weighted by Gasteiger charge is 2.64. The fourth-order valence-corrected chi connectivity index (χ4v) is 6.84. The standard InChI is InChI=1S/C28H51FO2/c1-3-5-7-9-11-21-30-24-13-17-27(18-14-24)23-28(26(27)29)19-15-25(16-20-28)31-22-12-10-8-6-4-2/h24-26H,3-23H2,1-2H3. The number of hydrogen-bond acceptors (Lipinski definition) is 2. The highest BCUT2D eigenvalue weighted by molar-refractivity contribution is 5.13. The van der Waals surface area contributed by atoms with Gasteiger partial charge in [0.1, 0.15) is 6.17 Å². The van der Waals surface area contributed by atoms with Crippen molar-refractivity contribution in [3.8, 4) is 0 Å². The minimum absolute atomic E-state index is 0.00599. The maximum Gasteiger partial charge on any atom is 0.111 e. The van der Waals surface area contributed by atoms with Gasteiger partial charge in [-0.05, 0) is 70.6 Å². The van der Waals surface area contributed by atoms with Gasteiger partial charge in [-0.2, -0.15) is 0 Å². The highest BCUT2D eigenvalue weighted by atomic mass is 19.1. The average Bonchev–Trinajstić information content (AvgIpc) is 2.80. The number of hydrogen-bond donors (Lipinski definition) is 0. The Balaban J connectivity index is 1.28. The summed E-state index contributed by atoms with van der Waals surface area (Å²) in [4.78, 5) is 0. The first-order valence-electron chi connectivity index (χ1n) is 14.0. The van der Waals surface area contributed by atoms with Crippen molar-refractivity contribution in [1.82, 2.24) is 0 Å². The van der Waals surface area contributed by atoms with Crippen LogP contribution in [0.25, 0.3) is 0 Å². The lowest BCUT2D eigenvalue weighted by Gasteiger charge is -2.63. The maximum absolute atomic E-state index is 15.6. The zero-order valence-corrected chi connectivity index (χ0v) is 20.8. The first kappa shape index (κ1) is 25.5. The monoisotopic (exact) mass is 438 g/mol. The molecule has 3 saturated carbocycles. The van der Waals surface area contributed by atoms with Crippen molar-refractivity contribution < 1.29 is 13.9 Å². The van der Waals surface area contributed by atoms with Gasteiger partial charge in [0.15, 0.2) is 0 Å². The Hall–Kier alpha value is -0.150. The molecule has 0 N–H and O–H groups in total. The van der Waals surface area contributed by atoms with Crippen LogP contribution < -0.4 is 0 Å². The summed E-state index contributed by atoms with van der Waals surface area (Å²) in [7, 11) is 0. The number of rotatable bonds is 14. The molecule has 0 aromatic carbocycles. The van der Waals surface area contributed by atoms with Crippen LogP contribution in [0.15, 0.2) is 0 Å². The second kappa shape index (κ2) is 12.9. The van der Waals surface area contributed by atoms with Crippen molar-refractivity contribution in [2.75, 3.05) is 13.2 Å². The SMILES string of the molecule is CCCCCCCOC1CCC2(CC1)CC1(CCC(OCCCCCCC)CC1)C2F. The van der Waals surface area contributed by atoms with E-state index in [4.69, 9.17) is 9.47 Å². The molecule has 3 fully saturated rings. The topological polar surface area (TPSA) is 18.5 Å². The molecule has 3 aliphatic rings. The van der Waals surface area contributed by atoms with Crippen LogP contribution in [-0.4, -0.2) is 31.6 Å². The summed E-state index contributed by atoms with van der Waals surface area (Å²) in [6.45, 7) is 6.33. The van der Waals surface area contributed by atoms with E-state index in [0.717, 1.165) is 71.0 Å². The van der Waals surface area contributed by atoms with Gasteiger partial charge in [0, 0.05) is 24.0 Å². The largest absolute Gasteiger partial charge is 0.378 e. The molecule has 0 aliphatic heterocycles. The molecule has 0 bridgehead atoms. The lowest BCUT2D eigenvalue weighted by Crippen LogP contribution is -2.61. The molecule has 0 amide bonds. The third-order valence-electron chi connectivity index (χ3n) is 8.84. The van der Waals surface area contributed by atoms with Gasteiger partial charge in [-0.1, -0.05) is 65.2 Å². The van der Waals surface area contributed by atoms with E-state index in [1.807, 2.05) is 0 Å². The van der Waals surface area contributed by atoms with Crippen LogP contribution in [0.1, 0.15) is 136 Å². The summed E-state index contributed by atoms with van der Waals surface area (Å²) in [6, 6.07) is 0. The number of unbranched alkanes of at least 4 members (excludes halogenated alkanes) is 8. The van der Waals surface area contributed by atoms with Crippen LogP contribution in [-0.2, 0) is 9.47 Å². The van der Waals surface area contributed by atoms with Gasteiger partial charge < -0.3 is 9.47 Å². The minimum atomic E-state index is -0.579. The molecule has 0 heterocycles. The molecule has 3 rings (SSSR count). The van der Waals surface area contributed by atoms with E-state index < -0.39 is 6.17 Å². The molecule has 0 radical (unpaired) electrons. The predicted octanol–water partition coefficient (Wildman–Crippen LogP) is 8.56. The molecule has 2 spiro atoms. The van der Waals surface area contributed by atoms with Gasteiger partial charge in [-0.3, -0.25) is 0 Å². The molecule has 3 heteroatoms. The van der Waals surface area contributed by atoms with Crippen LogP contribution in [0.4, 0.5) is 4.39 Å². The lowest BCUT2D eigenvalue weighted by molar-refractivity contribution is -0.196. The molecule has 3 aliphatic carbocycles. The van der Waals surface area contributed by atoms with E-state index in [-0.39, 0.29) is 10.8 Å². The van der Waals surface area contributed by atoms with Gasteiger partial charge in [0.25, 0.3) is 0 Å². The maximum atomic E-state index is 15.6. The fourth-order valence-electron chi connectivity index (χ4n) is 6.84. The van der Waals surface area contributed by atoms with Gasteiger partial charge in [0.05, 0.1) is 12.2 Å². The molecule has 0 aromatic rings. The van der Waals surface area contributed by atoms with E-state index in [1.165, 1.54) is 64.2 Å². The van der Waals surface area contributed by atoms with Gasteiger partial charge in [-0.25, -0.2) is 4.39 Å². The first-order valence-corrected chi connectivity index (χ1v) is 14.0. The molecular formula is C28H51FO2. The molecule has 182 valence electrons. The van der Waals surface area contributed by atoms with Crippen molar-refractivity contribution in [2.45, 2.75) is 154 Å². The molecular weight excluding hydrogens is 387 g/mol. The van der Waals surface area contributed by atoms with Crippen LogP contribution in [0.3, 0.4) is 0 Å². The smallest absolute Gasteiger partial charge is 0.111 e.